The van der Waals surface area contributed by atoms with Crippen LogP contribution in [0.4, 0.5) is 11.4 Å². The quantitative estimate of drug-likeness (QED) is 0.271. The van der Waals surface area contributed by atoms with Crippen molar-refractivity contribution in [2.75, 3.05) is 31.0 Å². The summed E-state index contributed by atoms with van der Waals surface area (Å²) in [6.07, 6.45) is 0. The van der Waals surface area contributed by atoms with Gasteiger partial charge in [-0.2, -0.15) is 0 Å². The molecule has 1 fully saturated rings. The Kier molecular flexibility index (Phi) is 6.88. The highest BCUT2D eigenvalue weighted by atomic mass is 16.5. The van der Waals surface area contributed by atoms with Crippen LogP contribution in [0, 0.1) is 6.92 Å². The number of nitrogens with zero attached hydrogens (tertiary/aromatic N) is 2. The molecular weight excluding hydrogens is 452 g/mol. The molecule has 3 aromatic carbocycles. The second-order valence-electron chi connectivity index (χ2n) is 9.55. The molecule has 1 aliphatic rings. The molecule has 6 nitrogen and oxygen atoms in total. The summed E-state index contributed by atoms with van der Waals surface area (Å²) >= 11 is 0. The zero-order valence-electron chi connectivity index (χ0n) is 21.6. The molecule has 0 spiro atoms. The van der Waals surface area contributed by atoms with Crippen molar-refractivity contribution in [3.05, 3.63) is 94.6 Å². The molecule has 0 radical (unpaired) electrons. The van der Waals surface area contributed by atoms with Crippen molar-refractivity contribution in [2.24, 2.45) is 0 Å². The lowest BCUT2D eigenvalue weighted by Gasteiger charge is -2.26. The van der Waals surface area contributed by atoms with Crippen LogP contribution >= 0.6 is 0 Å². The van der Waals surface area contributed by atoms with Gasteiger partial charge in [0.25, 0.3) is 11.7 Å². The predicted molar refractivity (Wildman–Crippen MR) is 144 cm³/mol. The summed E-state index contributed by atoms with van der Waals surface area (Å²) in [5.74, 6) is -0.706. The van der Waals surface area contributed by atoms with Gasteiger partial charge in [-0.3, -0.25) is 14.5 Å². The van der Waals surface area contributed by atoms with E-state index in [0.29, 0.717) is 11.3 Å². The minimum atomic E-state index is -0.771. The van der Waals surface area contributed by atoms with Crippen LogP contribution in [-0.4, -0.2) is 38.0 Å². The highest BCUT2D eigenvalue weighted by Crippen LogP contribution is 2.43. The molecule has 0 aliphatic carbocycles. The SMILES string of the molecule is COc1cc(C)c(/C(O)=C2\C(=O)C(=O)N(c3ccccc3)C2c2ccc(N(C)C)cc2)cc1C(C)C. The molecule has 36 heavy (non-hydrogen) atoms. The van der Waals surface area contributed by atoms with Crippen molar-refractivity contribution in [1.82, 2.24) is 0 Å². The number of carbonyl (C=O) groups is 2. The van der Waals surface area contributed by atoms with Crippen LogP contribution in [-0.2, 0) is 9.59 Å². The van der Waals surface area contributed by atoms with Gasteiger partial charge in [-0.1, -0.05) is 44.2 Å². The Morgan fingerprint density at radius 2 is 1.64 bits per heavy atom. The number of aryl methyl sites for hydroxylation is 1. The van der Waals surface area contributed by atoms with Crippen molar-refractivity contribution >= 4 is 28.8 Å². The van der Waals surface area contributed by atoms with Crippen LogP contribution < -0.4 is 14.5 Å². The number of ether oxygens (including phenoxy) is 1. The zero-order valence-corrected chi connectivity index (χ0v) is 21.6. The molecule has 1 amide bonds. The number of benzene rings is 3. The normalized spacial score (nSPS) is 17.1. The van der Waals surface area contributed by atoms with Gasteiger partial charge < -0.3 is 14.7 Å². The van der Waals surface area contributed by atoms with Gasteiger partial charge in [-0.15, -0.1) is 0 Å². The second-order valence-corrected chi connectivity index (χ2v) is 9.55. The molecule has 1 atom stereocenters. The third-order valence-corrected chi connectivity index (χ3v) is 6.66. The molecule has 3 aromatic rings. The summed E-state index contributed by atoms with van der Waals surface area (Å²) in [7, 11) is 5.51. The maximum Gasteiger partial charge on any atom is 0.300 e. The average molecular weight is 485 g/mol. The van der Waals surface area contributed by atoms with Gasteiger partial charge in [0.2, 0.25) is 0 Å². The Labute approximate surface area is 212 Å². The van der Waals surface area contributed by atoms with Crippen LogP contribution in [0.5, 0.6) is 5.75 Å². The highest BCUT2D eigenvalue weighted by molar-refractivity contribution is 6.51. The Morgan fingerprint density at radius 1 is 1.00 bits per heavy atom. The summed E-state index contributed by atoms with van der Waals surface area (Å²) in [6, 6.07) is 19.7. The molecular formula is C30H32N2O4. The Balaban J connectivity index is 1.97. The summed E-state index contributed by atoms with van der Waals surface area (Å²) in [5, 5.41) is 11.6. The van der Waals surface area contributed by atoms with E-state index in [1.165, 1.54) is 4.90 Å². The van der Waals surface area contributed by atoms with Crippen molar-refractivity contribution in [3.63, 3.8) is 0 Å². The first-order chi connectivity index (χ1) is 17.1. The molecule has 0 bridgehead atoms. The fourth-order valence-corrected chi connectivity index (χ4v) is 4.68. The second kappa shape index (κ2) is 9.90. The number of para-hydroxylation sites is 1. The van der Waals surface area contributed by atoms with Crippen LogP contribution in [0.1, 0.15) is 48.1 Å². The van der Waals surface area contributed by atoms with E-state index in [-0.39, 0.29) is 17.3 Å². The van der Waals surface area contributed by atoms with Gasteiger partial charge in [-0.05, 0) is 65.9 Å². The fraction of sp³-hybridized carbons (Fsp3) is 0.267. The third kappa shape index (κ3) is 4.35. The number of Topliss-reactive ketones (excluding diaryl/α,β-unsaturated/α-hetero) is 1. The van der Waals surface area contributed by atoms with Gasteiger partial charge in [0.05, 0.1) is 18.7 Å². The van der Waals surface area contributed by atoms with E-state index in [0.717, 1.165) is 28.1 Å². The fourth-order valence-electron chi connectivity index (χ4n) is 4.68. The molecule has 0 saturated carbocycles. The van der Waals surface area contributed by atoms with Crippen molar-refractivity contribution in [3.8, 4) is 5.75 Å². The summed E-state index contributed by atoms with van der Waals surface area (Å²) in [4.78, 5) is 30.3. The molecule has 186 valence electrons. The van der Waals surface area contributed by atoms with E-state index in [9.17, 15) is 14.7 Å². The summed E-state index contributed by atoms with van der Waals surface area (Å²) < 4.78 is 5.55. The molecule has 1 heterocycles. The summed E-state index contributed by atoms with van der Waals surface area (Å²) in [6.45, 7) is 5.94. The Bertz CT molecular complexity index is 1330. The first-order valence-electron chi connectivity index (χ1n) is 12.0. The van der Waals surface area contributed by atoms with E-state index in [2.05, 4.69) is 0 Å². The minimum Gasteiger partial charge on any atom is -0.507 e. The lowest BCUT2D eigenvalue weighted by Crippen LogP contribution is -2.29. The largest absolute Gasteiger partial charge is 0.507 e. The van der Waals surface area contributed by atoms with Crippen molar-refractivity contribution in [1.29, 1.82) is 0 Å². The maximum absolute atomic E-state index is 13.5. The number of hydrogen-bond donors (Lipinski definition) is 1. The van der Waals surface area contributed by atoms with Gasteiger partial charge in [0.1, 0.15) is 11.5 Å². The van der Waals surface area contributed by atoms with Crippen LogP contribution in [0.3, 0.4) is 0 Å². The number of methoxy groups -OCH3 is 1. The molecule has 6 heteroatoms. The topological polar surface area (TPSA) is 70.1 Å². The number of aliphatic hydroxyl groups is 1. The zero-order chi connectivity index (χ0) is 26.1. The van der Waals surface area contributed by atoms with Crippen LogP contribution in [0.15, 0.2) is 72.3 Å². The minimum absolute atomic E-state index is 0.0735. The Morgan fingerprint density at radius 3 is 2.19 bits per heavy atom. The van der Waals surface area contributed by atoms with E-state index in [4.69, 9.17) is 4.74 Å². The molecule has 0 aromatic heterocycles. The van der Waals surface area contributed by atoms with Gasteiger partial charge in [-0.25, -0.2) is 0 Å². The van der Waals surface area contributed by atoms with Gasteiger partial charge >= 0.3 is 0 Å². The first-order valence-corrected chi connectivity index (χ1v) is 12.0. The molecule has 1 unspecified atom stereocenters. The van der Waals surface area contributed by atoms with E-state index in [1.807, 2.05) is 94.4 Å². The summed E-state index contributed by atoms with van der Waals surface area (Å²) in [5.41, 5.74) is 4.57. The van der Waals surface area contributed by atoms with E-state index < -0.39 is 17.7 Å². The first kappa shape index (κ1) is 25.0. The average Bonchev–Trinajstić information content (AvgIpc) is 3.14. The third-order valence-electron chi connectivity index (χ3n) is 6.66. The van der Waals surface area contributed by atoms with Gasteiger partial charge in [0, 0.05) is 31.0 Å². The van der Waals surface area contributed by atoms with E-state index >= 15 is 0 Å². The monoisotopic (exact) mass is 484 g/mol. The molecule has 4 rings (SSSR count). The number of rotatable bonds is 6. The van der Waals surface area contributed by atoms with Gasteiger partial charge in [0.15, 0.2) is 0 Å². The maximum atomic E-state index is 13.5. The smallest absolute Gasteiger partial charge is 0.300 e. The van der Waals surface area contributed by atoms with Crippen molar-refractivity contribution in [2.45, 2.75) is 32.7 Å². The number of amides is 1. The van der Waals surface area contributed by atoms with Crippen molar-refractivity contribution < 1.29 is 19.4 Å². The molecule has 1 saturated heterocycles. The molecule has 1 aliphatic heterocycles. The highest BCUT2D eigenvalue weighted by Gasteiger charge is 2.47. The molecule has 1 N–H and O–H groups in total. The standard InChI is InChI=1S/C30H32N2O4/c1-18(2)23-17-24(19(3)16-25(23)36-6)28(33)26-27(20-12-14-21(15-13-20)31(4)5)32(30(35)29(26)34)22-10-8-7-9-11-22/h7-18,27,33H,1-6H3/b28-26+. The number of carbonyl (C=O) groups excluding carboxylic acids is 2. The number of hydrogen-bond acceptors (Lipinski definition) is 5. The van der Waals surface area contributed by atoms with Crippen LogP contribution in [0.25, 0.3) is 5.76 Å². The predicted octanol–water partition coefficient (Wildman–Crippen LogP) is 5.82. The van der Waals surface area contributed by atoms with E-state index in [1.54, 1.807) is 19.2 Å². The number of aliphatic hydroxyl groups excluding tert-OH is 1. The lowest BCUT2D eigenvalue weighted by atomic mass is 9.91. The Hall–Kier alpha value is -4.06. The number of anilines is 2. The van der Waals surface area contributed by atoms with Crippen LogP contribution in [0.2, 0.25) is 0 Å². The lowest BCUT2D eigenvalue weighted by molar-refractivity contribution is -0.132. The number of ketones is 1.